The van der Waals surface area contributed by atoms with Crippen LogP contribution in [0.4, 0.5) is 0 Å². The fraction of sp³-hybridized carbons (Fsp3) is 0.375. The summed E-state index contributed by atoms with van der Waals surface area (Å²) in [5, 5.41) is 0. The number of ketones is 3. The fourth-order valence-corrected chi connectivity index (χ4v) is 3.99. The van der Waals surface area contributed by atoms with E-state index in [-0.39, 0.29) is 29.3 Å². The monoisotopic (exact) mass is 317 g/mol. The second kappa shape index (κ2) is 5.28. The van der Waals surface area contributed by atoms with Gasteiger partial charge in [0.25, 0.3) is 0 Å². The molecular weight excluding hydrogens is 302 g/mol. The van der Waals surface area contributed by atoms with Crippen molar-refractivity contribution in [3.8, 4) is 0 Å². The van der Waals surface area contributed by atoms with Crippen molar-refractivity contribution in [2.24, 2.45) is 13.0 Å². The minimum Gasteiger partial charge on any atom is -0.301 e. The van der Waals surface area contributed by atoms with E-state index in [4.69, 9.17) is 0 Å². The van der Waals surface area contributed by atoms with E-state index in [1.807, 2.05) is 0 Å². The van der Waals surface area contributed by atoms with Crippen LogP contribution in [-0.4, -0.2) is 21.9 Å². The highest BCUT2D eigenvalue weighted by molar-refractivity contribution is 7.16. The molecule has 0 amide bonds. The van der Waals surface area contributed by atoms with Crippen molar-refractivity contribution in [1.82, 2.24) is 4.57 Å². The number of thiazole rings is 1. The Bertz CT molecular complexity index is 858. The molecule has 3 rings (SSSR count). The van der Waals surface area contributed by atoms with E-state index < -0.39 is 11.7 Å². The molecule has 0 bridgehead atoms. The molecule has 0 radical (unpaired) electrons. The first-order valence-electron chi connectivity index (χ1n) is 7.10. The van der Waals surface area contributed by atoms with E-state index in [1.165, 1.54) is 4.57 Å². The predicted octanol–water partition coefficient (Wildman–Crippen LogP) is 2.03. The molecule has 0 N–H and O–H groups in total. The lowest BCUT2D eigenvalue weighted by molar-refractivity contribution is -0.133. The van der Waals surface area contributed by atoms with Crippen molar-refractivity contribution in [1.29, 1.82) is 0 Å². The highest BCUT2D eigenvalue weighted by atomic mass is 32.1. The molecule has 0 aliphatic heterocycles. The Morgan fingerprint density at radius 2 is 1.82 bits per heavy atom. The second-order valence-corrected chi connectivity index (χ2v) is 6.59. The Hall–Kier alpha value is -2.08. The van der Waals surface area contributed by atoms with Crippen LogP contribution in [0.3, 0.4) is 0 Å². The van der Waals surface area contributed by atoms with Gasteiger partial charge < -0.3 is 4.57 Å². The van der Waals surface area contributed by atoms with Crippen molar-refractivity contribution in [3.63, 3.8) is 0 Å². The van der Waals surface area contributed by atoms with Gasteiger partial charge in [-0.1, -0.05) is 11.3 Å². The molecule has 2 aromatic rings. The zero-order valence-corrected chi connectivity index (χ0v) is 13.2. The number of carbonyl (C=O) groups excluding carboxylic acids is 3. The van der Waals surface area contributed by atoms with Crippen LogP contribution in [0.1, 0.15) is 35.2 Å². The van der Waals surface area contributed by atoms with Gasteiger partial charge >= 0.3 is 4.87 Å². The van der Waals surface area contributed by atoms with Crippen LogP contribution >= 0.6 is 11.3 Å². The van der Waals surface area contributed by atoms with Crippen molar-refractivity contribution in [2.45, 2.75) is 26.2 Å². The zero-order chi connectivity index (χ0) is 16.0. The van der Waals surface area contributed by atoms with E-state index in [0.717, 1.165) is 16.0 Å². The van der Waals surface area contributed by atoms with Gasteiger partial charge in [0.05, 0.1) is 10.2 Å². The average Bonchev–Trinajstić information content (AvgIpc) is 2.75. The lowest BCUT2D eigenvalue weighted by atomic mass is 9.81. The summed E-state index contributed by atoms with van der Waals surface area (Å²) in [6.07, 6.45) is 1.08. The van der Waals surface area contributed by atoms with Gasteiger partial charge in [0, 0.05) is 25.5 Å². The standard InChI is InChI=1S/C16H15NO4S/c1-8-9(6-7-12-14(8)17(2)16(21)22-12)15(20)13-10(18)4-3-5-11(13)19/h6-7,13H,3-5H2,1-2H3. The third-order valence-corrected chi connectivity index (χ3v) is 5.22. The van der Waals surface area contributed by atoms with Crippen LogP contribution in [-0.2, 0) is 16.6 Å². The Morgan fingerprint density at radius 1 is 1.18 bits per heavy atom. The third-order valence-electron chi connectivity index (χ3n) is 4.22. The van der Waals surface area contributed by atoms with E-state index in [9.17, 15) is 19.2 Å². The molecule has 1 aliphatic carbocycles. The van der Waals surface area contributed by atoms with Gasteiger partial charge in [0.15, 0.2) is 17.3 Å². The van der Waals surface area contributed by atoms with Gasteiger partial charge in [-0.05, 0) is 31.0 Å². The summed E-state index contributed by atoms with van der Waals surface area (Å²) in [5.74, 6) is -2.19. The maximum Gasteiger partial charge on any atom is 0.307 e. The van der Waals surface area contributed by atoms with Gasteiger partial charge in [-0.25, -0.2) is 0 Å². The number of aryl methyl sites for hydroxylation is 2. The van der Waals surface area contributed by atoms with Crippen molar-refractivity contribution in [3.05, 3.63) is 32.9 Å². The lowest BCUT2D eigenvalue weighted by Gasteiger charge is -2.19. The number of hydrogen-bond donors (Lipinski definition) is 0. The van der Waals surface area contributed by atoms with Crippen LogP contribution in [0.15, 0.2) is 16.9 Å². The van der Waals surface area contributed by atoms with E-state index in [1.54, 1.807) is 26.1 Å². The smallest absolute Gasteiger partial charge is 0.301 e. The van der Waals surface area contributed by atoms with Crippen molar-refractivity contribution in [2.75, 3.05) is 0 Å². The van der Waals surface area contributed by atoms with Gasteiger partial charge in [-0.2, -0.15) is 0 Å². The summed E-state index contributed by atoms with van der Waals surface area (Å²) in [6, 6.07) is 3.32. The number of nitrogens with zero attached hydrogens (tertiary/aromatic N) is 1. The summed E-state index contributed by atoms with van der Waals surface area (Å²) in [4.78, 5) is 48.3. The first kappa shape index (κ1) is 14.8. The second-order valence-electron chi connectivity index (χ2n) is 5.60. The molecule has 1 saturated carbocycles. The molecule has 22 heavy (non-hydrogen) atoms. The summed E-state index contributed by atoms with van der Waals surface area (Å²) in [5.41, 5.74) is 1.69. The number of fused-ring (bicyclic) bond motifs is 1. The summed E-state index contributed by atoms with van der Waals surface area (Å²) < 4.78 is 2.29. The van der Waals surface area contributed by atoms with Crippen LogP contribution in [0.5, 0.6) is 0 Å². The molecular formula is C16H15NO4S. The minimum absolute atomic E-state index is 0.104. The Kier molecular flexibility index (Phi) is 3.56. The number of rotatable bonds is 2. The number of carbonyl (C=O) groups is 3. The fourth-order valence-electron chi connectivity index (χ4n) is 3.05. The SMILES string of the molecule is Cc1c(C(=O)C2C(=O)CCCC2=O)ccc2sc(=O)n(C)c12. The topological polar surface area (TPSA) is 73.2 Å². The molecule has 6 heteroatoms. The molecule has 0 spiro atoms. The number of hydrogen-bond acceptors (Lipinski definition) is 5. The summed E-state index contributed by atoms with van der Waals surface area (Å²) in [7, 11) is 1.65. The van der Waals surface area contributed by atoms with Crippen LogP contribution in [0.2, 0.25) is 0 Å². The Balaban J connectivity index is 2.13. The van der Waals surface area contributed by atoms with E-state index in [0.29, 0.717) is 23.1 Å². The van der Waals surface area contributed by atoms with Gasteiger partial charge in [-0.3, -0.25) is 19.2 Å². The van der Waals surface area contributed by atoms with Gasteiger partial charge in [0.2, 0.25) is 0 Å². The van der Waals surface area contributed by atoms with Gasteiger partial charge in [-0.15, -0.1) is 0 Å². The normalized spacial score (nSPS) is 16.5. The maximum absolute atomic E-state index is 12.7. The van der Waals surface area contributed by atoms with Gasteiger partial charge in [0.1, 0.15) is 5.92 Å². The summed E-state index contributed by atoms with van der Waals surface area (Å²) >= 11 is 1.11. The average molecular weight is 317 g/mol. The first-order valence-corrected chi connectivity index (χ1v) is 7.92. The summed E-state index contributed by atoms with van der Waals surface area (Å²) in [6.45, 7) is 1.75. The number of benzene rings is 1. The molecule has 0 unspecified atom stereocenters. The Morgan fingerprint density at radius 3 is 2.45 bits per heavy atom. The quantitative estimate of drug-likeness (QED) is 0.627. The largest absolute Gasteiger partial charge is 0.307 e. The van der Waals surface area contributed by atoms with Crippen LogP contribution in [0, 0.1) is 12.8 Å². The zero-order valence-electron chi connectivity index (χ0n) is 12.3. The molecule has 1 aliphatic rings. The van der Waals surface area contributed by atoms with Crippen LogP contribution in [0.25, 0.3) is 10.2 Å². The minimum atomic E-state index is -1.17. The molecule has 1 aromatic carbocycles. The molecule has 1 heterocycles. The predicted molar refractivity (Wildman–Crippen MR) is 83.5 cm³/mol. The molecule has 0 atom stereocenters. The molecule has 114 valence electrons. The highest BCUT2D eigenvalue weighted by Gasteiger charge is 2.37. The molecule has 5 nitrogen and oxygen atoms in total. The van der Waals surface area contributed by atoms with Crippen molar-refractivity contribution < 1.29 is 14.4 Å². The molecule has 1 fully saturated rings. The maximum atomic E-state index is 12.7. The van der Waals surface area contributed by atoms with Crippen molar-refractivity contribution >= 4 is 38.9 Å². The molecule has 0 saturated heterocycles. The lowest BCUT2D eigenvalue weighted by Crippen LogP contribution is -2.35. The number of Topliss-reactive ketones (excluding diaryl/α,β-unsaturated/α-hetero) is 3. The number of aromatic nitrogens is 1. The highest BCUT2D eigenvalue weighted by Crippen LogP contribution is 2.28. The third kappa shape index (κ3) is 2.14. The van der Waals surface area contributed by atoms with E-state index >= 15 is 0 Å². The molecule has 1 aromatic heterocycles. The van der Waals surface area contributed by atoms with Crippen LogP contribution < -0.4 is 4.87 Å². The Labute approximate surface area is 130 Å². The first-order chi connectivity index (χ1) is 10.4. The van der Waals surface area contributed by atoms with E-state index in [2.05, 4.69) is 0 Å².